The van der Waals surface area contributed by atoms with Crippen molar-refractivity contribution in [3.63, 3.8) is 0 Å². The molecule has 1 aliphatic heterocycles. The Morgan fingerprint density at radius 3 is 2.73 bits per heavy atom. The number of carbonyl (C=O) groups excluding carboxylic acids is 1. The second-order valence-corrected chi connectivity index (χ2v) is 8.63. The van der Waals surface area contributed by atoms with Crippen molar-refractivity contribution < 1.29 is 14.4 Å². The molecular formula is C18H22Cl2N3O2S+. The number of aromatic nitrogens is 1. The smallest absolute Gasteiger partial charge is 0.281 e. The molecule has 1 amide bonds. The first-order chi connectivity index (χ1) is 12.4. The number of amides is 1. The van der Waals surface area contributed by atoms with Crippen LogP contribution in [0.3, 0.4) is 0 Å². The lowest BCUT2D eigenvalue weighted by Gasteiger charge is -2.31. The quantitative estimate of drug-likeness (QED) is 0.790. The lowest BCUT2D eigenvalue weighted by Crippen LogP contribution is -3.16. The Morgan fingerprint density at radius 2 is 2.04 bits per heavy atom. The van der Waals surface area contributed by atoms with E-state index in [9.17, 15) is 4.79 Å². The van der Waals surface area contributed by atoms with Crippen molar-refractivity contribution in [2.45, 2.75) is 32.5 Å². The Balaban J connectivity index is 1.54. The molecule has 1 aliphatic rings. The van der Waals surface area contributed by atoms with Crippen LogP contribution >= 0.6 is 34.5 Å². The number of thiazole rings is 1. The van der Waals surface area contributed by atoms with E-state index in [1.807, 2.05) is 26.0 Å². The maximum absolute atomic E-state index is 12.3. The Kier molecular flexibility index (Phi) is 6.53. The predicted octanol–water partition coefficient (Wildman–Crippen LogP) is 2.67. The zero-order valence-electron chi connectivity index (χ0n) is 14.7. The number of hydrogen-bond acceptors (Lipinski definition) is 4. The molecule has 0 aliphatic carbocycles. The van der Waals surface area contributed by atoms with Gasteiger partial charge in [0.1, 0.15) is 25.3 Å². The third-order valence-corrected chi connectivity index (χ3v) is 5.84. The van der Waals surface area contributed by atoms with Crippen LogP contribution in [0.5, 0.6) is 0 Å². The summed E-state index contributed by atoms with van der Waals surface area (Å²) in [4.78, 5) is 18.9. The number of rotatable bonds is 5. The Bertz CT molecular complexity index is 774. The van der Waals surface area contributed by atoms with Gasteiger partial charge in [0.2, 0.25) is 0 Å². The molecule has 0 radical (unpaired) electrons. The van der Waals surface area contributed by atoms with E-state index in [2.05, 4.69) is 10.3 Å². The second kappa shape index (κ2) is 8.67. The molecule has 3 rings (SSSR count). The number of nitrogens with zero attached hydrogens (tertiary/aromatic N) is 1. The van der Waals surface area contributed by atoms with E-state index in [4.69, 9.17) is 27.9 Å². The first kappa shape index (κ1) is 19.6. The number of quaternary nitrogens is 1. The molecule has 140 valence electrons. The minimum absolute atomic E-state index is 0.0169. The monoisotopic (exact) mass is 414 g/mol. The molecular weight excluding hydrogens is 393 g/mol. The molecule has 1 saturated heterocycles. The van der Waals surface area contributed by atoms with Gasteiger partial charge in [-0.3, -0.25) is 10.1 Å². The fraction of sp³-hybridized carbons (Fsp3) is 0.444. The number of anilines is 1. The predicted molar refractivity (Wildman–Crippen MR) is 106 cm³/mol. The highest BCUT2D eigenvalue weighted by molar-refractivity contribution is 7.15. The number of nitrogens with one attached hydrogen (secondary N) is 2. The van der Waals surface area contributed by atoms with E-state index < -0.39 is 0 Å². The normalized spacial score (nSPS) is 23.0. The van der Waals surface area contributed by atoms with E-state index in [-0.39, 0.29) is 18.1 Å². The van der Waals surface area contributed by atoms with Crippen molar-refractivity contribution in [3.8, 4) is 0 Å². The number of halogens is 2. The van der Waals surface area contributed by atoms with Crippen LogP contribution < -0.4 is 10.2 Å². The van der Waals surface area contributed by atoms with Crippen molar-refractivity contribution in [3.05, 3.63) is 44.9 Å². The van der Waals surface area contributed by atoms with Gasteiger partial charge in [-0.25, -0.2) is 4.98 Å². The second-order valence-electron chi connectivity index (χ2n) is 6.70. The standard InChI is InChI=1S/C18H21Cl2N3O2S/c1-11-8-23(9-12(2)25-11)10-17(24)22-18-21-7-14(26-18)5-13-3-4-15(19)16(20)6-13/h3-4,6-7,11-12H,5,8-10H2,1-2H3,(H,21,22,24)/p+1. The molecule has 8 heteroatoms. The molecule has 1 fully saturated rings. The minimum Gasteiger partial charge on any atom is -0.364 e. The Morgan fingerprint density at radius 1 is 1.31 bits per heavy atom. The third kappa shape index (κ3) is 5.41. The minimum atomic E-state index is -0.0169. The van der Waals surface area contributed by atoms with Crippen LogP contribution in [-0.4, -0.2) is 42.7 Å². The molecule has 2 aromatic rings. The molecule has 1 aromatic carbocycles. The average Bonchev–Trinajstić information content (AvgIpc) is 2.96. The van der Waals surface area contributed by atoms with Crippen molar-refractivity contribution in [2.75, 3.05) is 25.0 Å². The zero-order valence-corrected chi connectivity index (χ0v) is 17.0. The first-order valence-corrected chi connectivity index (χ1v) is 10.1. The van der Waals surface area contributed by atoms with Crippen molar-refractivity contribution >= 4 is 45.6 Å². The van der Waals surface area contributed by atoms with Crippen LogP contribution in [0.15, 0.2) is 24.4 Å². The van der Waals surface area contributed by atoms with Gasteiger partial charge in [-0.15, -0.1) is 11.3 Å². The average molecular weight is 415 g/mol. The van der Waals surface area contributed by atoms with Gasteiger partial charge in [0.15, 0.2) is 11.7 Å². The van der Waals surface area contributed by atoms with Crippen molar-refractivity contribution in [1.82, 2.24) is 4.98 Å². The molecule has 26 heavy (non-hydrogen) atoms. The van der Waals surface area contributed by atoms with Crippen LogP contribution in [0.1, 0.15) is 24.3 Å². The van der Waals surface area contributed by atoms with Crippen LogP contribution in [0.25, 0.3) is 0 Å². The highest BCUT2D eigenvalue weighted by Gasteiger charge is 2.27. The maximum Gasteiger partial charge on any atom is 0.281 e. The molecule has 0 bridgehead atoms. The largest absolute Gasteiger partial charge is 0.364 e. The van der Waals surface area contributed by atoms with E-state index >= 15 is 0 Å². The fourth-order valence-electron chi connectivity index (χ4n) is 3.22. The molecule has 1 aromatic heterocycles. The third-order valence-electron chi connectivity index (χ3n) is 4.19. The SMILES string of the molecule is CC1C[NH+](CC(=O)Nc2ncc(Cc3ccc(Cl)c(Cl)c3)s2)CC(C)O1. The van der Waals surface area contributed by atoms with Crippen LogP contribution in [0.4, 0.5) is 5.13 Å². The summed E-state index contributed by atoms with van der Waals surface area (Å²) in [5.41, 5.74) is 1.06. The van der Waals surface area contributed by atoms with Crippen molar-refractivity contribution in [2.24, 2.45) is 0 Å². The van der Waals surface area contributed by atoms with Gasteiger partial charge in [-0.05, 0) is 31.5 Å². The summed E-state index contributed by atoms with van der Waals surface area (Å²) >= 11 is 13.5. The fourth-order valence-corrected chi connectivity index (χ4v) is 4.41. The summed E-state index contributed by atoms with van der Waals surface area (Å²) < 4.78 is 5.71. The Labute approximate surface area is 167 Å². The van der Waals surface area contributed by atoms with Gasteiger partial charge in [-0.2, -0.15) is 0 Å². The van der Waals surface area contributed by atoms with E-state index in [0.29, 0.717) is 28.1 Å². The summed E-state index contributed by atoms with van der Waals surface area (Å²) in [5, 5.41) is 4.61. The number of ether oxygens (including phenoxy) is 1. The van der Waals surface area contributed by atoms with Crippen LogP contribution in [0, 0.1) is 0 Å². The van der Waals surface area contributed by atoms with Gasteiger partial charge >= 0.3 is 0 Å². The number of carbonyl (C=O) groups is 1. The molecule has 2 atom stereocenters. The highest BCUT2D eigenvalue weighted by Crippen LogP contribution is 2.26. The maximum atomic E-state index is 12.3. The van der Waals surface area contributed by atoms with Gasteiger partial charge in [0.25, 0.3) is 5.91 Å². The summed E-state index contributed by atoms with van der Waals surface area (Å²) in [6, 6.07) is 5.58. The van der Waals surface area contributed by atoms with Crippen molar-refractivity contribution in [1.29, 1.82) is 0 Å². The topological polar surface area (TPSA) is 55.7 Å². The van der Waals surface area contributed by atoms with Gasteiger partial charge in [0.05, 0.1) is 10.0 Å². The lowest BCUT2D eigenvalue weighted by atomic mass is 10.1. The number of hydrogen-bond donors (Lipinski definition) is 2. The summed E-state index contributed by atoms with van der Waals surface area (Å²) in [6.07, 6.45) is 2.85. The molecule has 2 heterocycles. The molecule has 0 spiro atoms. The number of benzene rings is 1. The van der Waals surface area contributed by atoms with E-state index in [0.717, 1.165) is 23.5 Å². The number of morpholine rings is 1. The van der Waals surface area contributed by atoms with Gasteiger partial charge in [-0.1, -0.05) is 29.3 Å². The molecule has 2 N–H and O–H groups in total. The summed E-state index contributed by atoms with van der Waals surface area (Å²) in [7, 11) is 0. The van der Waals surface area contributed by atoms with Crippen LogP contribution in [-0.2, 0) is 16.0 Å². The van der Waals surface area contributed by atoms with E-state index in [1.54, 1.807) is 12.3 Å². The van der Waals surface area contributed by atoms with E-state index in [1.165, 1.54) is 16.2 Å². The highest BCUT2D eigenvalue weighted by atomic mass is 35.5. The van der Waals surface area contributed by atoms with Gasteiger partial charge in [0, 0.05) is 17.5 Å². The first-order valence-electron chi connectivity index (χ1n) is 8.56. The Hall–Kier alpha value is -1.18. The zero-order chi connectivity index (χ0) is 18.7. The molecule has 2 unspecified atom stereocenters. The van der Waals surface area contributed by atoms with Gasteiger partial charge < -0.3 is 9.64 Å². The summed E-state index contributed by atoms with van der Waals surface area (Å²) in [5.74, 6) is -0.0169. The molecule has 0 saturated carbocycles. The van der Waals surface area contributed by atoms with Crippen LogP contribution in [0.2, 0.25) is 10.0 Å². The summed E-state index contributed by atoms with van der Waals surface area (Å²) in [6.45, 7) is 6.21. The molecule has 5 nitrogen and oxygen atoms in total. The lowest BCUT2D eigenvalue weighted by molar-refractivity contribution is -0.907.